The molecular weight excluding hydrogens is 442 g/mol. The van der Waals surface area contributed by atoms with Gasteiger partial charge in [0.1, 0.15) is 6.54 Å². The number of nitrogens with one attached hydrogen (secondary N) is 2. The standard InChI is InChI=1S/C18H20F3N3.HI/c1-2-22-17(24-16-7-3-4-8-16)23-13-5-6-14-9-11-15(12-10-14)18(19,20)21;/h3-4,9-12,16H,2,7-8,13H2,1H3,(H2,22,23,24);1H. The van der Waals surface area contributed by atoms with Crippen molar-refractivity contribution in [1.82, 2.24) is 10.6 Å². The highest BCUT2D eigenvalue weighted by Crippen LogP contribution is 2.28. The largest absolute Gasteiger partial charge is 0.416 e. The van der Waals surface area contributed by atoms with Gasteiger partial charge in [0.05, 0.1) is 5.56 Å². The Hall–Kier alpha value is -1.69. The maximum absolute atomic E-state index is 12.5. The van der Waals surface area contributed by atoms with Crippen molar-refractivity contribution < 1.29 is 13.2 Å². The van der Waals surface area contributed by atoms with Crippen LogP contribution < -0.4 is 10.6 Å². The number of guanidine groups is 1. The lowest BCUT2D eigenvalue weighted by Gasteiger charge is -2.16. The summed E-state index contributed by atoms with van der Waals surface area (Å²) < 4.78 is 37.4. The topological polar surface area (TPSA) is 36.4 Å². The minimum absolute atomic E-state index is 0. The molecule has 0 unspecified atom stereocenters. The molecule has 0 aliphatic heterocycles. The van der Waals surface area contributed by atoms with Crippen LogP contribution in [0.3, 0.4) is 0 Å². The van der Waals surface area contributed by atoms with Crippen molar-refractivity contribution in [2.24, 2.45) is 4.99 Å². The second-order valence-electron chi connectivity index (χ2n) is 5.36. The second-order valence-corrected chi connectivity index (χ2v) is 5.36. The number of nitrogens with zero attached hydrogens (tertiary/aromatic N) is 1. The van der Waals surface area contributed by atoms with Crippen molar-refractivity contribution in [3.05, 3.63) is 47.5 Å². The number of alkyl halides is 3. The third-order valence-corrected chi connectivity index (χ3v) is 3.45. The van der Waals surface area contributed by atoms with Crippen molar-refractivity contribution in [3.8, 4) is 11.8 Å². The van der Waals surface area contributed by atoms with E-state index in [4.69, 9.17) is 0 Å². The Balaban J connectivity index is 0.00000312. The number of rotatable bonds is 3. The number of hydrogen-bond acceptors (Lipinski definition) is 1. The van der Waals surface area contributed by atoms with Gasteiger partial charge >= 0.3 is 6.18 Å². The predicted octanol–water partition coefficient (Wildman–Crippen LogP) is 3.95. The number of hydrogen-bond donors (Lipinski definition) is 2. The van der Waals surface area contributed by atoms with Gasteiger partial charge in [-0.15, -0.1) is 24.0 Å². The molecule has 136 valence electrons. The third-order valence-electron chi connectivity index (χ3n) is 3.45. The van der Waals surface area contributed by atoms with Gasteiger partial charge in [0.25, 0.3) is 0 Å². The van der Waals surface area contributed by atoms with Crippen LogP contribution in [0.15, 0.2) is 41.4 Å². The van der Waals surface area contributed by atoms with E-state index in [9.17, 15) is 13.2 Å². The highest BCUT2D eigenvalue weighted by molar-refractivity contribution is 14.0. The van der Waals surface area contributed by atoms with Crippen LogP contribution in [0.5, 0.6) is 0 Å². The lowest BCUT2D eigenvalue weighted by atomic mass is 10.1. The quantitative estimate of drug-likeness (QED) is 0.234. The maximum atomic E-state index is 12.5. The number of halogens is 4. The Bertz CT molecular complexity index is 647. The molecule has 1 aromatic rings. The summed E-state index contributed by atoms with van der Waals surface area (Å²) in [6.07, 6.45) is 1.89. The summed E-state index contributed by atoms with van der Waals surface area (Å²) in [5.41, 5.74) is -0.133. The monoisotopic (exact) mass is 463 g/mol. The second kappa shape index (κ2) is 10.3. The number of benzene rings is 1. The molecule has 7 heteroatoms. The number of aliphatic imine (C=N–C) groups is 1. The van der Waals surface area contributed by atoms with E-state index in [1.54, 1.807) is 0 Å². The summed E-state index contributed by atoms with van der Waals surface area (Å²) in [6.45, 7) is 3.01. The van der Waals surface area contributed by atoms with Crippen LogP contribution in [0, 0.1) is 11.8 Å². The maximum Gasteiger partial charge on any atom is 0.416 e. The summed E-state index contributed by atoms with van der Waals surface area (Å²) in [7, 11) is 0. The first-order valence-corrected chi connectivity index (χ1v) is 7.85. The van der Waals surface area contributed by atoms with Crippen molar-refractivity contribution in [3.63, 3.8) is 0 Å². The fourth-order valence-corrected chi connectivity index (χ4v) is 2.25. The molecule has 1 aliphatic carbocycles. The van der Waals surface area contributed by atoms with Gasteiger partial charge in [0, 0.05) is 18.2 Å². The van der Waals surface area contributed by atoms with E-state index in [2.05, 4.69) is 39.6 Å². The normalized spacial score (nSPS) is 14.5. The van der Waals surface area contributed by atoms with Crippen LogP contribution in [-0.4, -0.2) is 25.1 Å². The highest BCUT2D eigenvalue weighted by atomic mass is 127. The summed E-state index contributed by atoms with van der Waals surface area (Å²) in [5, 5.41) is 6.47. The molecule has 0 aromatic heterocycles. The smallest absolute Gasteiger partial charge is 0.357 e. The molecular formula is C18H21F3IN3. The molecule has 0 saturated carbocycles. The molecule has 2 rings (SSSR count). The van der Waals surface area contributed by atoms with Crippen LogP contribution >= 0.6 is 24.0 Å². The molecule has 0 bridgehead atoms. The molecule has 0 heterocycles. The first-order chi connectivity index (χ1) is 11.5. The Morgan fingerprint density at radius 1 is 1.20 bits per heavy atom. The zero-order valence-corrected chi connectivity index (χ0v) is 16.2. The Morgan fingerprint density at radius 3 is 2.40 bits per heavy atom. The molecule has 0 fully saturated rings. The fraction of sp³-hybridized carbons (Fsp3) is 0.389. The molecule has 2 N–H and O–H groups in total. The Labute approximate surface area is 163 Å². The van der Waals surface area contributed by atoms with Crippen molar-refractivity contribution in [2.45, 2.75) is 32.0 Å². The van der Waals surface area contributed by atoms with E-state index in [1.165, 1.54) is 12.1 Å². The molecule has 0 radical (unpaired) electrons. The Morgan fingerprint density at radius 2 is 1.84 bits per heavy atom. The average molecular weight is 463 g/mol. The van der Waals surface area contributed by atoms with Crippen LogP contribution in [0.1, 0.15) is 30.9 Å². The van der Waals surface area contributed by atoms with Crippen molar-refractivity contribution >= 4 is 29.9 Å². The molecule has 0 spiro atoms. The van der Waals surface area contributed by atoms with E-state index < -0.39 is 11.7 Å². The van der Waals surface area contributed by atoms with Crippen LogP contribution in [0.4, 0.5) is 13.2 Å². The molecule has 1 aromatic carbocycles. The lowest BCUT2D eigenvalue weighted by molar-refractivity contribution is -0.137. The molecule has 0 atom stereocenters. The van der Waals surface area contributed by atoms with E-state index in [1.807, 2.05) is 6.92 Å². The lowest BCUT2D eigenvalue weighted by Crippen LogP contribution is -2.42. The SMILES string of the molecule is CCNC(=NCC#Cc1ccc(C(F)(F)F)cc1)NC1CC=CC1.I. The fourth-order valence-electron chi connectivity index (χ4n) is 2.25. The van der Waals surface area contributed by atoms with Gasteiger partial charge in [-0.1, -0.05) is 24.0 Å². The van der Waals surface area contributed by atoms with Gasteiger partial charge in [-0.3, -0.25) is 0 Å². The van der Waals surface area contributed by atoms with Gasteiger partial charge in [-0.05, 0) is 44.0 Å². The average Bonchev–Trinajstić information content (AvgIpc) is 3.04. The van der Waals surface area contributed by atoms with Crippen LogP contribution in [0.25, 0.3) is 0 Å². The highest BCUT2D eigenvalue weighted by Gasteiger charge is 2.29. The van der Waals surface area contributed by atoms with Gasteiger partial charge in [-0.25, -0.2) is 4.99 Å². The van der Waals surface area contributed by atoms with Crippen molar-refractivity contribution in [1.29, 1.82) is 0 Å². The van der Waals surface area contributed by atoms with E-state index in [0.29, 0.717) is 17.6 Å². The molecule has 3 nitrogen and oxygen atoms in total. The van der Waals surface area contributed by atoms with Crippen LogP contribution in [-0.2, 0) is 6.18 Å². The molecule has 0 amide bonds. The third kappa shape index (κ3) is 7.38. The zero-order chi connectivity index (χ0) is 17.4. The van der Waals surface area contributed by atoms with Gasteiger partial charge in [0.2, 0.25) is 0 Å². The van der Waals surface area contributed by atoms with Crippen molar-refractivity contribution in [2.75, 3.05) is 13.1 Å². The first kappa shape index (κ1) is 21.4. The van der Waals surface area contributed by atoms with E-state index in [-0.39, 0.29) is 30.5 Å². The van der Waals surface area contributed by atoms with Gasteiger partial charge < -0.3 is 10.6 Å². The summed E-state index contributed by atoms with van der Waals surface area (Å²) in [5.74, 6) is 6.38. The summed E-state index contributed by atoms with van der Waals surface area (Å²) >= 11 is 0. The summed E-state index contributed by atoms with van der Waals surface area (Å²) in [4.78, 5) is 4.36. The zero-order valence-electron chi connectivity index (χ0n) is 13.9. The minimum atomic E-state index is -4.32. The molecule has 1 aliphatic rings. The Kier molecular flexibility index (Phi) is 8.83. The molecule has 0 saturated heterocycles. The minimum Gasteiger partial charge on any atom is -0.357 e. The van der Waals surface area contributed by atoms with E-state index in [0.717, 1.165) is 31.5 Å². The van der Waals surface area contributed by atoms with Gasteiger partial charge in [0.15, 0.2) is 5.96 Å². The summed E-state index contributed by atoms with van der Waals surface area (Å²) in [6, 6.07) is 5.16. The van der Waals surface area contributed by atoms with E-state index >= 15 is 0 Å². The predicted molar refractivity (Wildman–Crippen MR) is 105 cm³/mol. The van der Waals surface area contributed by atoms with Crippen LogP contribution in [0.2, 0.25) is 0 Å². The molecule has 25 heavy (non-hydrogen) atoms. The first-order valence-electron chi connectivity index (χ1n) is 7.85. The van der Waals surface area contributed by atoms with Gasteiger partial charge in [-0.2, -0.15) is 13.2 Å².